The number of halogens is 1. The fourth-order valence-corrected chi connectivity index (χ4v) is 2.24. The number of carbonyl (C=O) groups is 2. The highest BCUT2D eigenvalue weighted by molar-refractivity contribution is 9.10. The van der Waals surface area contributed by atoms with E-state index < -0.39 is 0 Å². The molecule has 6 heteroatoms. The van der Waals surface area contributed by atoms with E-state index >= 15 is 0 Å². The zero-order valence-electron chi connectivity index (χ0n) is 11.7. The molecule has 0 aliphatic carbocycles. The van der Waals surface area contributed by atoms with E-state index in [1.54, 1.807) is 42.5 Å². The second kappa shape index (κ2) is 7.72. The molecule has 0 heterocycles. The molecule has 2 amide bonds. The van der Waals surface area contributed by atoms with Gasteiger partial charge in [-0.3, -0.25) is 9.59 Å². The molecule has 0 aliphatic rings. The summed E-state index contributed by atoms with van der Waals surface area (Å²) in [4.78, 5) is 24.0. The third-order valence-electron chi connectivity index (χ3n) is 2.87. The lowest BCUT2D eigenvalue weighted by Crippen LogP contribution is -2.26. The van der Waals surface area contributed by atoms with Crippen LogP contribution in [-0.2, 0) is 0 Å². The van der Waals surface area contributed by atoms with Gasteiger partial charge in [0.2, 0.25) is 0 Å². The van der Waals surface area contributed by atoms with Crippen molar-refractivity contribution < 1.29 is 14.7 Å². The molecular formula is C16H15BrN2O3. The first-order valence-corrected chi connectivity index (χ1v) is 7.45. The number of nitrogens with one attached hydrogen (secondary N) is 2. The molecule has 114 valence electrons. The molecule has 0 saturated heterocycles. The van der Waals surface area contributed by atoms with Crippen LogP contribution in [0, 0.1) is 0 Å². The van der Waals surface area contributed by atoms with E-state index in [4.69, 9.17) is 5.11 Å². The SMILES string of the molecule is O=C(NCCO)c1cccc(NC(=O)c2cccc(Br)c2)c1. The van der Waals surface area contributed by atoms with Crippen LogP contribution in [0.4, 0.5) is 5.69 Å². The van der Waals surface area contributed by atoms with Crippen LogP contribution in [-0.4, -0.2) is 30.1 Å². The summed E-state index contributed by atoms with van der Waals surface area (Å²) in [5.41, 5.74) is 1.46. The number of benzene rings is 2. The Hall–Kier alpha value is -2.18. The van der Waals surface area contributed by atoms with Gasteiger partial charge in [0.15, 0.2) is 0 Å². The van der Waals surface area contributed by atoms with Crippen molar-refractivity contribution in [3.63, 3.8) is 0 Å². The third-order valence-corrected chi connectivity index (χ3v) is 3.36. The van der Waals surface area contributed by atoms with Crippen LogP contribution < -0.4 is 10.6 Å². The Bertz CT molecular complexity index is 689. The van der Waals surface area contributed by atoms with Crippen molar-refractivity contribution in [2.75, 3.05) is 18.5 Å². The predicted octanol–water partition coefficient (Wildman–Crippen LogP) is 2.42. The van der Waals surface area contributed by atoms with E-state index in [2.05, 4.69) is 26.6 Å². The molecule has 5 nitrogen and oxygen atoms in total. The maximum absolute atomic E-state index is 12.2. The minimum Gasteiger partial charge on any atom is -0.395 e. The number of anilines is 1. The molecular weight excluding hydrogens is 348 g/mol. The molecule has 0 atom stereocenters. The molecule has 2 aromatic carbocycles. The Morgan fingerprint density at radius 3 is 2.36 bits per heavy atom. The molecule has 22 heavy (non-hydrogen) atoms. The summed E-state index contributed by atoms with van der Waals surface area (Å²) in [5, 5.41) is 14.0. The second-order valence-corrected chi connectivity index (χ2v) is 5.44. The Kier molecular flexibility index (Phi) is 5.68. The Morgan fingerprint density at radius 2 is 1.68 bits per heavy atom. The van der Waals surface area contributed by atoms with Gasteiger partial charge in [0, 0.05) is 27.8 Å². The number of hydrogen-bond acceptors (Lipinski definition) is 3. The van der Waals surface area contributed by atoms with Crippen molar-refractivity contribution in [2.45, 2.75) is 0 Å². The van der Waals surface area contributed by atoms with E-state index in [0.717, 1.165) is 4.47 Å². The van der Waals surface area contributed by atoms with E-state index in [1.165, 1.54) is 0 Å². The van der Waals surface area contributed by atoms with Crippen LogP contribution in [0.15, 0.2) is 53.0 Å². The Balaban J connectivity index is 2.10. The molecule has 0 fully saturated rings. The van der Waals surface area contributed by atoms with Gasteiger partial charge >= 0.3 is 0 Å². The molecule has 3 N–H and O–H groups in total. The van der Waals surface area contributed by atoms with Crippen LogP contribution in [0.25, 0.3) is 0 Å². The topological polar surface area (TPSA) is 78.4 Å². The van der Waals surface area contributed by atoms with Crippen molar-refractivity contribution in [1.29, 1.82) is 0 Å². The largest absolute Gasteiger partial charge is 0.395 e. The van der Waals surface area contributed by atoms with Gasteiger partial charge in [0.05, 0.1) is 6.61 Å². The fourth-order valence-electron chi connectivity index (χ4n) is 1.84. The van der Waals surface area contributed by atoms with Crippen molar-refractivity contribution in [3.8, 4) is 0 Å². The van der Waals surface area contributed by atoms with Crippen LogP contribution in [0.3, 0.4) is 0 Å². The predicted molar refractivity (Wildman–Crippen MR) is 88.0 cm³/mol. The van der Waals surface area contributed by atoms with Crippen LogP contribution >= 0.6 is 15.9 Å². The summed E-state index contributed by atoms with van der Waals surface area (Å²) in [6, 6.07) is 13.7. The zero-order chi connectivity index (χ0) is 15.9. The van der Waals surface area contributed by atoms with Gasteiger partial charge in [-0.15, -0.1) is 0 Å². The standard InChI is InChI=1S/C16H15BrN2O3/c17-13-5-1-3-11(9-13)16(22)19-14-6-2-4-12(10-14)15(21)18-7-8-20/h1-6,9-10,20H,7-8H2,(H,18,21)(H,19,22). The van der Waals surface area contributed by atoms with E-state index in [0.29, 0.717) is 16.8 Å². The smallest absolute Gasteiger partial charge is 0.255 e. The van der Waals surface area contributed by atoms with Gasteiger partial charge in [0.1, 0.15) is 0 Å². The van der Waals surface area contributed by atoms with Gasteiger partial charge in [-0.2, -0.15) is 0 Å². The number of amides is 2. The highest BCUT2D eigenvalue weighted by Gasteiger charge is 2.09. The molecule has 0 aliphatic heterocycles. The first-order valence-electron chi connectivity index (χ1n) is 6.66. The summed E-state index contributed by atoms with van der Waals surface area (Å²) in [6.07, 6.45) is 0. The molecule has 0 saturated carbocycles. The highest BCUT2D eigenvalue weighted by Crippen LogP contribution is 2.15. The van der Waals surface area contributed by atoms with Crippen LogP contribution in [0.2, 0.25) is 0 Å². The molecule has 0 radical (unpaired) electrons. The highest BCUT2D eigenvalue weighted by atomic mass is 79.9. The first-order chi connectivity index (χ1) is 10.6. The summed E-state index contributed by atoms with van der Waals surface area (Å²) in [6.45, 7) is 0.0680. The molecule has 0 spiro atoms. The van der Waals surface area contributed by atoms with Crippen molar-refractivity contribution in [3.05, 3.63) is 64.1 Å². The first kappa shape index (κ1) is 16.2. The summed E-state index contributed by atoms with van der Waals surface area (Å²) in [5.74, 6) is -0.554. The normalized spacial score (nSPS) is 10.1. The van der Waals surface area contributed by atoms with E-state index in [1.807, 2.05) is 6.07 Å². The average Bonchev–Trinajstić information content (AvgIpc) is 2.52. The van der Waals surface area contributed by atoms with Gasteiger partial charge < -0.3 is 15.7 Å². The minimum absolute atomic E-state index is 0.120. The maximum Gasteiger partial charge on any atom is 0.255 e. The number of aliphatic hydroxyl groups is 1. The molecule has 2 rings (SSSR count). The summed E-state index contributed by atoms with van der Waals surface area (Å²) >= 11 is 3.32. The van der Waals surface area contributed by atoms with Crippen LogP contribution in [0.5, 0.6) is 0 Å². The maximum atomic E-state index is 12.2. The Labute approximate surface area is 136 Å². The number of carbonyl (C=O) groups excluding carboxylic acids is 2. The molecule has 0 aromatic heterocycles. The number of rotatable bonds is 5. The van der Waals surface area contributed by atoms with Gasteiger partial charge in [-0.25, -0.2) is 0 Å². The lowest BCUT2D eigenvalue weighted by Gasteiger charge is -2.08. The third kappa shape index (κ3) is 4.41. The minimum atomic E-state index is -0.299. The molecule has 2 aromatic rings. The van der Waals surface area contributed by atoms with Crippen LogP contribution in [0.1, 0.15) is 20.7 Å². The van der Waals surface area contributed by atoms with Gasteiger partial charge in [0.25, 0.3) is 11.8 Å². The van der Waals surface area contributed by atoms with Crippen molar-refractivity contribution in [1.82, 2.24) is 5.32 Å². The van der Waals surface area contributed by atoms with E-state index in [-0.39, 0.29) is 25.0 Å². The molecule has 0 bridgehead atoms. The van der Waals surface area contributed by atoms with Crippen molar-refractivity contribution in [2.24, 2.45) is 0 Å². The zero-order valence-corrected chi connectivity index (χ0v) is 13.3. The van der Waals surface area contributed by atoms with Crippen molar-refractivity contribution >= 4 is 33.4 Å². The number of aliphatic hydroxyl groups excluding tert-OH is 1. The lowest BCUT2D eigenvalue weighted by atomic mass is 10.1. The lowest BCUT2D eigenvalue weighted by molar-refractivity contribution is 0.0943. The quantitative estimate of drug-likeness (QED) is 0.764. The number of hydrogen-bond donors (Lipinski definition) is 3. The fraction of sp³-hybridized carbons (Fsp3) is 0.125. The monoisotopic (exact) mass is 362 g/mol. The van der Waals surface area contributed by atoms with Gasteiger partial charge in [-0.1, -0.05) is 28.1 Å². The van der Waals surface area contributed by atoms with E-state index in [9.17, 15) is 9.59 Å². The summed E-state index contributed by atoms with van der Waals surface area (Å²) in [7, 11) is 0. The summed E-state index contributed by atoms with van der Waals surface area (Å²) < 4.78 is 0.817. The Morgan fingerprint density at radius 1 is 1.00 bits per heavy atom. The second-order valence-electron chi connectivity index (χ2n) is 4.52. The van der Waals surface area contributed by atoms with Gasteiger partial charge in [-0.05, 0) is 36.4 Å². The average molecular weight is 363 g/mol. The molecule has 0 unspecified atom stereocenters.